The fourth-order valence-electron chi connectivity index (χ4n) is 1.37. The molecule has 0 amide bonds. The van der Waals surface area contributed by atoms with Crippen molar-refractivity contribution in [3.8, 4) is 5.69 Å². The maximum Gasteiger partial charge on any atom is 0.229 e. The molecule has 1 aromatic heterocycles. The van der Waals surface area contributed by atoms with Gasteiger partial charge in [-0.05, 0) is 12.1 Å². The minimum Gasteiger partial charge on any atom is -0.357 e. The monoisotopic (exact) mass is 202 g/mol. The van der Waals surface area contributed by atoms with Crippen molar-refractivity contribution in [2.75, 3.05) is 12.4 Å². The van der Waals surface area contributed by atoms with E-state index in [2.05, 4.69) is 15.5 Å². The topological polar surface area (TPSA) is 59.8 Å². The van der Waals surface area contributed by atoms with Crippen LogP contribution in [-0.2, 0) is 0 Å². The molecule has 2 aromatic rings. The summed E-state index contributed by atoms with van der Waals surface area (Å²) >= 11 is 0. The highest BCUT2D eigenvalue weighted by Gasteiger charge is 2.10. The highest BCUT2D eigenvalue weighted by molar-refractivity contribution is 5.72. The van der Waals surface area contributed by atoms with Gasteiger partial charge in [0, 0.05) is 7.05 Å². The van der Waals surface area contributed by atoms with Gasteiger partial charge in [0.1, 0.15) is 0 Å². The molecule has 0 saturated heterocycles. The number of aromatic nitrogens is 3. The molecular weight excluding hydrogens is 192 g/mol. The average molecular weight is 202 g/mol. The highest BCUT2D eigenvalue weighted by atomic mass is 16.1. The van der Waals surface area contributed by atoms with Crippen LogP contribution >= 0.6 is 0 Å². The summed E-state index contributed by atoms with van der Waals surface area (Å²) in [6.07, 6.45) is 0.681. The van der Waals surface area contributed by atoms with Crippen LogP contribution in [0.3, 0.4) is 0 Å². The Morgan fingerprint density at radius 1 is 1.27 bits per heavy atom. The predicted octanol–water partition coefficient (Wildman–Crippen LogP) is 1.12. The second-order valence-electron chi connectivity index (χ2n) is 2.92. The van der Waals surface area contributed by atoms with Crippen LogP contribution in [0.4, 0.5) is 5.95 Å². The lowest BCUT2D eigenvalue weighted by Gasteiger charge is -2.06. The molecule has 0 fully saturated rings. The lowest BCUT2D eigenvalue weighted by molar-refractivity contribution is 0.111. The van der Waals surface area contributed by atoms with E-state index >= 15 is 0 Å². The van der Waals surface area contributed by atoms with Crippen LogP contribution < -0.4 is 5.32 Å². The lowest BCUT2D eigenvalue weighted by atomic mass is 10.3. The third kappa shape index (κ3) is 1.59. The van der Waals surface area contributed by atoms with Gasteiger partial charge < -0.3 is 5.32 Å². The Morgan fingerprint density at radius 2 is 2.00 bits per heavy atom. The first-order chi connectivity index (χ1) is 7.36. The zero-order valence-electron chi connectivity index (χ0n) is 8.21. The number of carbonyl (C=O) groups is 1. The largest absolute Gasteiger partial charge is 0.357 e. The van der Waals surface area contributed by atoms with Gasteiger partial charge in [0.05, 0.1) is 5.69 Å². The Morgan fingerprint density at radius 3 is 2.60 bits per heavy atom. The molecule has 76 valence electrons. The molecule has 1 heterocycles. The first-order valence-electron chi connectivity index (χ1n) is 4.50. The molecule has 1 aromatic carbocycles. The van der Waals surface area contributed by atoms with Crippen LogP contribution in [0.15, 0.2) is 30.3 Å². The number of nitrogens with one attached hydrogen (secondary N) is 1. The van der Waals surface area contributed by atoms with Crippen molar-refractivity contribution in [1.82, 2.24) is 14.8 Å². The first-order valence-corrected chi connectivity index (χ1v) is 4.50. The van der Waals surface area contributed by atoms with E-state index in [0.29, 0.717) is 12.2 Å². The van der Waals surface area contributed by atoms with Gasteiger partial charge in [0.25, 0.3) is 0 Å². The number of anilines is 1. The molecule has 0 aliphatic heterocycles. The third-order valence-corrected chi connectivity index (χ3v) is 2.03. The number of rotatable bonds is 3. The molecule has 0 aliphatic rings. The molecule has 0 atom stereocenters. The van der Waals surface area contributed by atoms with E-state index in [9.17, 15) is 4.79 Å². The summed E-state index contributed by atoms with van der Waals surface area (Å²) < 4.78 is 1.66. The summed E-state index contributed by atoms with van der Waals surface area (Å²) in [6, 6.07) is 9.47. The Kier molecular flexibility index (Phi) is 2.45. The van der Waals surface area contributed by atoms with E-state index in [4.69, 9.17) is 0 Å². The minimum atomic E-state index is 0.283. The molecule has 0 radical (unpaired) electrons. The Hall–Kier alpha value is -2.17. The maximum absolute atomic E-state index is 10.8. The van der Waals surface area contributed by atoms with Gasteiger partial charge >= 0.3 is 0 Å². The predicted molar refractivity (Wildman–Crippen MR) is 56.3 cm³/mol. The average Bonchev–Trinajstić information content (AvgIpc) is 2.72. The van der Waals surface area contributed by atoms with Gasteiger partial charge in [-0.15, -0.1) is 10.2 Å². The van der Waals surface area contributed by atoms with Gasteiger partial charge in [-0.25, -0.2) is 0 Å². The third-order valence-electron chi connectivity index (χ3n) is 2.03. The standard InChI is InChI=1S/C10H10N4O/c1-11-10-13-12-9(7-15)14(10)8-5-3-2-4-6-8/h2-7H,1H3,(H,11,13). The summed E-state index contributed by atoms with van der Waals surface area (Å²) in [4.78, 5) is 10.8. The van der Waals surface area contributed by atoms with Gasteiger partial charge in [-0.3, -0.25) is 9.36 Å². The number of nitrogens with zero attached hydrogens (tertiary/aromatic N) is 3. The van der Waals surface area contributed by atoms with Crippen molar-refractivity contribution in [3.05, 3.63) is 36.2 Å². The van der Waals surface area contributed by atoms with E-state index in [1.807, 2.05) is 30.3 Å². The van der Waals surface area contributed by atoms with Gasteiger partial charge in [0.15, 0.2) is 6.29 Å². The fraction of sp³-hybridized carbons (Fsp3) is 0.100. The number of carbonyl (C=O) groups excluding carboxylic acids is 1. The number of benzene rings is 1. The summed E-state index contributed by atoms with van der Waals surface area (Å²) in [7, 11) is 1.73. The summed E-state index contributed by atoms with van der Waals surface area (Å²) in [5.41, 5.74) is 0.856. The van der Waals surface area contributed by atoms with Crippen LogP contribution in [-0.4, -0.2) is 28.1 Å². The molecule has 5 heteroatoms. The van der Waals surface area contributed by atoms with Gasteiger partial charge in [0.2, 0.25) is 11.8 Å². The van der Waals surface area contributed by atoms with Crippen molar-refractivity contribution in [2.24, 2.45) is 0 Å². The number of para-hydroxylation sites is 1. The Labute approximate surface area is 86.8 Å². The molecule has 5 nitrogen and oxygen atoms in total. The molecular formula is C10H10N4O. The van der Waals surface area contributed by atoms with Crippen molar-refractivity contribution in [2.45, 2.75) is 0 Å². The van der Waals surface area contributed by atoms with E-state index in [1.165, 1.54) is 0 Å². The molecule has 0 aliphatic carbocycles. The quantitative estimate of drug-likeness (QED) is 0.758. The summed E-state index contributed by atoms with van der Waals surface area (Å²) in [5.74, 6) is 0.828. The maximum atomic E-state index is 10.8. The van der Waals surface area contributed by atoms with E-state index < -0.39 is 0 Å². The molecule has 0 bridgehead atoms. The number of hydrogen-bond acceptors (Lipinski definition) is 4. The minimum absolute atomic E-state index is 0.283. The molecule has 0 saturated carbocycles. The van der Waals surface area contributed by atoms with Crippen molar-refractivity contribution in [3.63, 3.8) is 0 Å². The zero-order valence-corrected chi connectivity index (χ0v) is 8.21. The van der Waals surface area contributed by atoms with Crippen LogP contribution in [0.25, 0.3) is 5.69 Å². The van der Waals surface area contributed by atoms with Crippen LogP contribution in [0.2, 0.25) is 0 Å². The van der Waals surface area contributed by atoms with Gasteiger partial charge in [-0.1, -0.05) is 18.2 Å². The molecule has 1 N–H and O–H groups in total. The Balaban J connectivity index is 2.59. The lowest BCUT2D eigenvalue weighted by Crippen LogP contribution is -2.04. The van der Waals surface area contributed by atoms with Crippen molar-refractivity contribution < 1.29 is 4.79 Å². The van der Waals surface area contributed by atoms with Crippen LogP contribution in [0.1, 0.15) is 10.6 Å². The smallest absolute Gasteiger partial charge is 0.229 e. The van der Waals surface area contributed by atoms with Crippen LogP contribution in [0.5, 0.6) is 0 Å². The first kappa shape index (κ1) is 9.39. The fourth-order valence-corrected chi connectivity index (χ4v) is 1.37. The SMILES string of the molecule is CNc1nnc(C=O)n1-c1ccccc1. The van der Waals surface area contributed by atoms with Crippen molar-refractivity contribution >= 4 is 12.2 Å². The van der Waals surface area contributed by atoms with E-state index in [1.54, 1.807) is 11.6 Å². The van der Waals surface area contributed by atoms with Crippen LogP contribution in [0, 0.1) is 0 Å². The second-order valence-corrected chi connectivity index (χ2v) is 2.92. The normalized spacial score (nSPS) is 9.93. The highest BCUT2D eigenvalue weighted by Crippen LogP contribution is 2.14. The van der Waals surface area contributed by atoms with E-state index in [-0.39, 0.29) is 5.82 Å². The second kappa shape index (κ2) is 3.91. The van der Waals surface area contributed by atoms with Gasteiger partial charge in [-0.2, -0.15) is 0 Å². The molecule has 0 unspecified atom stereocenters. The van der Waals surface area contributed by atoms with Crippen molar-refractivity contribution in [1.29, 1.82) is 0 Å². The summed E-state index contributed by atoms with van der Waals surface area (Å²) in [6.45, 7) is 0. The zero-order chi connectivity index (χ0) is 10.7. The number of hydrogen-bond donors (Lipinski definition) is 1. The van der Waals surface area contributed by atoms with E-state index in [0.717, 1.165) is 5.69 Å². The number of aldehydes is 1. The molecule has 15 heavy (non-hydrogen) atoms. The summed E-state index contributed by atoms with van der Waals surface area (Å²) in [5, 5.41) is 10.5. The Bertz CT molecular complexity index is 464. The molecule has 2 rings (SSSR count). The molecule has 0 spiro atoms.